The van der Waals surface area contributed by atoms with Crippen molar-refractivity contribution in [2.75, 3.05) is 13.7 Å². The lowest BCUT2D eigenvalue weighted by Gasteiger charge is -2.16. The fourth-order valence-electron chi connectivity index (χ4n) is 2.72. The highest BCUT2D eigenvalue weighted by Crippen LogP contribution is 2.07. The van der Waals surface area contributed by atoms with Crippen molar-refractivity contribution in [2.24, 2.45) is 0 Å². The number of methoxy groups -OCH3 is 1. The van der Waals surface area contributed by atoms with E-state index in [0.29, 0.717) is 12.8 Å². The Balaban J connectivity index is 1.72. The van der Waals surface area contributed by atoms with E-state index in [1.165, 1.54) is 7.11 Å². The lowest BCUT2D eigenvalue weighted by Crippen LogP contribution is -2.46. The van der Waals surface area contributed by atoms with Crippen molar-refractivity contribution in [1.82, 2.24) is 10.6 Å². The quantitative estimate of drug-likeness (QED) is 0.600. The number of esters is 1. The van der Waals surface area contributed by atoms with Crippen molar-refractivity contribution in [1.29, 1.82) is 0 Å². The average Bonchev–Trinajstić information content (AvgIpc) is 2.76. The summed E-state index contributed by atoms with van der Waals surface area (Å²) in [6, 6.07) is 18.3. The highest BCUT2D eigenvalue weighted by atomic mass is 16.5. The monoisotopic (exact) mass is 398 g/mol. The van der Waals surface area contributed by atoms with E-state index in [9.17, 15) is 14.4 Å². The minimum atomic E-state index is -0.765. The smallest absolute Gasteiger partial charge is 0.407 e. The molecule has 0 saturated carbocycles. The number of aryl methyl sites for hydroxylation is 1. The predicted molar refractivity (Wildman–Crippen MR) is 108 cm³/mol. The number of nitrogens with one attached hydrogen (secondary N) is 2. The highest BCUT2D eigenvalue weighted by molar-refractivity contribution is 5.87. The first-order valence-electron chi connectivity index (χ1n) is 9.44. The maximum absolute atomic E-state index is 12.1. The molecule has 0 aliphatic carbocycles. The van der Waals surface area contributed by atoms with E-state index in [2.05, 4.69) is 10.6 Å². The van der Waals surface area contributed by atoms with Gasteiger partial charge in [-0.25, -0.2) is 9.59 Å². The number of hydrogen-bond donors (Lipinski definition) is 2. The molecule has 7 nitrogen and oxygen atoms in total. The number of carbonyl (C=O) groups excluding carboxylic acids is 3. The summed E-state index contributed by atoms with van der Waals surface area (Å²) in [7, 11) is 1.28. The molecular weight excluding hydrogens is 372 g/mol. The van der Waals surface area contributed by atoms with E-state index in [-0.39, 0.29) is 13.2 Å². The van der Waals surface area contributed by atoms with Gasteiger partial charge in [-0.2, -0.15) is 0 Å². The molecule has 29 heavy (non-hydrogen) atoms. The van der Waals surface area contributed by atoms with Crippen molar-refractivity contribution >= 4 is 18.0 Å². The Morgan fingerprint density at radius 3 is 2.17 bits per heavy atom. The van der Waals surface area contributed by atoms with Gasteiger partial charge in [0.2, 0.25) is 5.91 Å². The van der Waals surface area contributed by atoms with Crippen molar-refractivity contribution in [2.45, 2.75) is 31.9 Å². The fraction of sp³-hybridized carbons (Fsp3) is 0.318. The van der Waals surface area contributed by atoms with Gasteiger partial charge in [0.15, 0.2) is 0 Å². The van der Waals surface area contributed by atoms with Gasteiger partial charge < -0.3 is 20.1 Å². The summed E-state index contributed by atoms with van der Waals surface area (Å²) in [5, 5.41) is 4.97. The molecular formula is C22H26N2O5. The zero-order chi connectivity index (χ0) is 20.9. The Labute approximate surface area is 170 Å². The van der Waals surface area contributed by atoms with Gasteiger partial charge in [0.05, 0.1) is 7.11 Å². The molecule has 0 unspecified atom stereocenters. The van der Waals surface area contributed by atoms with Crippen LogP contribution in [0.2, 0.25) is 0 Å². The molecule has 0 saturated heterocycles. The molecule has 0 radical (unpaired) electrons. The number of benzene rings is 2. The highest BCUT2D eigenvalue weighted by Gasteiger charge is 2.21. The van der Waals surface area contributed by atoms with Crippen LogP contribution in [0.1, 0.15) is 24.0 Å². The summed E-state index contributed by atoms with van der Waals surface area (Å²) in [5.41, 5.74) is 2.00. The minimum Gasteiger partial charge on any atom is -0.467 e. The number of alkyl carbamates (subject to hydrolysis) is 1. The maximum atomic E-state index is 12.1. The molecule has 0 bridgehead atoms. The molecule has 0 aromatic heterocycles. The van der Waals surface area contributed by atoms with Crippen molar-refractivity contribution in [3.05, 3.63) is 71.8 Å². The largest absolute Gasteiger partial charge is 0.467 e. The van der Waals surface area contributed by atoms with Crippen LogP contribution in [0.25, 0.3) is 0 Å². The second-order valence-corrected chi connectivity index (χ2v) is 6.44. The van der Waals surface area contributed by atoms with Gasteiger partial charge in [0.1, 0.15) is 19.2 Å². The van der Waals surface area contributed by atoms with Crippen LogP contribution < -0.4 is 10.6 Å². The molecule has 1 atom stereocenters. The standard InChI is InChI=1S/C22H26N2O5/c1-28-21(26)19(14-8-13-17-9-4-2-5-10-17)24-20(25)15-23-22(27)29-16-18-11-6-3-7-12-18/h2-7,9-12,19H,8,13-16H2,1H3,(H,23,27)(H,24,25)/t19-/m1/s1. The third kappa shape index (κ3) is 8.47. The lowest BCUT2D eigenvalue weighted by molar-refractivity contribution is -0.145. The molecule has 0 aliphatic heterocycles. The Bertz CT molecular complexity index is 780. The predicted octanol–water partition coefficient (Wildman–Crippen LogP) is 2.59. The van der Waals surface area contributed by atoms with E-state index < -0.39 is 24.0 Å². The summed E-state index contributed by atoms with van der Waals surface area (Å²) < 4.78 is 9.81. The van der Waals surface area contributed by atoms with Gasteiger partial charge in [0.25, 0.3) is 0 Å². The van der Waals surface area contributed by atoms with Crippen LogP contribution >= 0.6 is 0 Å². The van der Waals surface area contributed by atoms with E-state index in [4.69, 9.17) is 9.47 Å². The van der Waals surface area contributed by atoms with Gasteiger partial charge in [-0.1, -0.05) is 60.7 Å². The normalized spacial score (nSPS) is 11.2. The summed E-state index contributed by atoms with van der Waals surface area (Å²) in [4.78, 5) is 35.8. The van der Waals surface area contributed by atoms with Crippen LogP contribution in [0.3, 0.4) is 0 Å². The third-order valence-corrected chi connectivity index (χ3v) is 4.23. The third-order valence-electron chi connectivity index (χ3n) is 4.23. The van der Waals surface area contributed by atoms with Gasteiger partial charge in [-0.15, -0.1) is 0 Å². The van der Waals surface area contributed by atoms with E-state index in [1.807, 2.05) is 60.7 Å². The van der Waals surface area contributed by atoms with Crippen LogP contribution in [0, 0.1) is 0 Å². The number of hydrogen-bond acceptors (Lipinski definition) is 5. The summed E-state index contributed by atoms with van der Waals surface area (Å²) in [6.45, 7) is -0.182. The molecule has 2 aromatic carbocycles. The molecule has 0 fully saturated rings. The van der Waals surface area contributed by atoms with E-state index >= 15 is 0 Å². The molecule has 0 spiro atoms. The molecule has 7 heteroatoms. The minimum absolute atomic E-state index is 0.110. The van der Waals surface area contributed by atoms with E-state index in [0.717, 1.165) is 17.5 Å². The van der Waals surface area contributed by atoms with Crippen molar-refractivity contribution < 1.29 is 23.9 Å². The molecule has 2 amide bonds. The first-order valence-corrected chi connectivity index (χ1v) is 9.44. The Morgan fingerprint density at radius 2 is 1.55 bits per heavy atom. The maximum Gasteiger partial charge on any atom is 0.407 e. The number of rotatable bonds is 10. The SMILES string of the molecule is COC(=O)[C@@H](CCCc1ccccc1)NC(=O)CNC(=O)OCc1ccccc1. The van der Waals surface area contributed by atoms with Gasteiger partial charge in [-0.05, 0) is 30.4 Å². The zero-order valence-electron chi connectivity index (χ0n) is 16.4. The fourth-order valence-corrected chi connectivity index (χ4v) is 2.72. The number of amides is 2. The molecule has 154 valence electrons. The molecule has 0 heterocycles. The molecule has 0 aliphatic rings. The van der Waals surface area contributed by atoms with Crippen molar-refractivity contribution in [3.8, 4) is 0 Å². The summed E-state index contributed by atoms with van der Waals surface area (Å²) in [5.74, 6) is -1.00. The topological polar surface area (TPSA) is 93.7 Å². The Hall–Kier alpha value is -3.35. The van der Waals surface area contributed by atoms with Gasteiger partial charge >= 0.3 is 12.1 Å². The lowest BCUT2D eigenvalue weighted by atomic mass is 10.0. The second-order valence-electron chi connectivity index (χ2n) is 6.44. The van der Waals surface area contributed by atoms with Gasteiger partial charge in [-0.3, -0.25) is 4.79 Å². The van der Waals surface area contributed by atoms with Crippen molar-refractivity contribution in [3.63, 3.8) is 0 Å². The average molecular weight is 398 g/mol. The summed E-state index contributed by atoms with van der Waals surface area (Å²) >= 11 is 0. The molecule has 2 N–H and O–H groups in total. The zero-order valence-corrected chi connectivity index (χ0v) is 16.4. The molecule has 2 aromatic rings. The van der Waals surface area contributed by atoms with Crippen LogP contribution in [0.15, 0.2) is 60.7 Å². The van der Waals surface area contributed by atoms with Crippen LogP contribution in [-0.2, 0) is 32.1 Å². The summed E-state index contributed by atoms with van der Waals surface area (Å²) in [6.07, 6.45) is 1.22. The van der Waals surface area contributed by atoms with Gasteiger partial charge in [0, 0.05) is 0 Å². The second kappa shape index (κ2) is 12.2. The first kappa shape index (κ1) is 21.9. The Kier molecular flexibility index (Phi) is 9.21. The van der Waals surface area contributed by atoms with Crippen LogP contribution in [0.4, 0.5) is 4.79 Å². The van der Waals surface area contributed by atoms with Crippen LogP contribution in [-0.4, -0.2) is 37.7 Å². The molecule has 2 rings (SSSR count). The van der Waals surface area contributed by atoms with Crippen LogP contribution in [0.5, 0.6) is 0 Å². The van der Waals surface area contributed by atoms with E-state index in [1.54, 1.807) is 0 Å². The first-order chi connectivity index (χ1) is 14.1. The number of ether oxygens (including phenoxy) is 2. The number of carbonyl (C=O) groups is 3. The Morgan fingerprint density at radius 1 is 0.931 bits per heavy atom.